The van der Waals surface area contributed by atoms with E-state index in [0.717, 1.165) is 13.0 Å². The lowest BCUT2D eigenvalue weighted by Crippen LogP contribution is -2.31. The van der Waals surface area contributed by atoms with Gasteiger partial charge in [-0.3, -0.25) is 4.79 Å². The molecule has 2 heterocycles. The summed E-state index contributed by atoms with van der Waals surface area (Å²) in [5.74, 6) is 0.404. The molecule has 0 aromatic carbocycles. The number of nitrogens with two attached hydrogens (primary N) is 1. The van der Waals surface area contributed by atoms with Crippen molar-refractivity contribution in [1.82, 2.24) is 15.1 Å². The molecule has 1 aliphatic rings. The molecule has 16 heavy (non-hydrogen) atoms. The molecule has 1 saturated heterocycles. The van der Waals surface area contributed by atoms with Crippen molar-refractivity contribution in [3.63, 3.8) is 0 Å². The third kappa shape index (κ3) is 1.99. The maximum atomic E-state index is 11.6. The molecule has 1 aliphatic heterocycles. The van der Waals surface area contributed by atoms with Crippen LogP contribution in [0, 0.1) is 0 Å². The molecule has 2 rings (SSSR count). The van der Waals surface area contributed by atoms with Crippen molar-refractivity contribution in [3.05, 3.63) is 5.89 Å². The Bertz CT molecular complexity index is 389. The molecule has 0 saturated carbocycles. The fourth-order valence-electron chi connectivity index (χ4n) is 1.58. The summed E-state index contributed by atoms with van der Waals surface area (Å²) in [6, 6.07) is -0.322. The van der Waals surface area contributed by atoms with Crippen LogP contribution in [0.2, 0.25) is 0 Å². The molecule has 7 nitrogen and oxygen atoms in total. The first-order chi connectivity index (χ1) is 7.58. The number of amides is 1. The monoisotopic (exact) mass is 225 g/mol. The first-order valence-corrected chi connectivity index (χ1v) is 5.18. The van der Waals surface area contributed by atoms with E-state index in [1.807, 2.05) is 0 Å². The summed E-state index contributed by atoms with van der Waals surface area (Å²) in [6.07, 6.45) is 0.741. The van der Waals surface area contributed by atoms with Crippen LogP contribution in [0.1, 0.15) is 25.3 Å². The molecule has 88 valence electrons. The summed E-state index contributed by atoms with van der Waals surface area (Å²) in [7, 11) is 1.77. The predicted molar refractivity (Wildman–Crippen MR) is 56.6 cm³/mol. The molecule has 7 heteroatoms. The van der Waals surface area contributed by atoms with Crippen LogP contribution in [0.15, 0.2) is 4.42 Å². The number of nitrogens with zero attached hydrogens (tertiary/aromatic N) is 3. The van der Waals surface area contributed by atoms with Gasteiger partial charge in [-0.15, -0.1) is 5.10 Å². The summed E-state index contributed by atoms with van der Waals surface area (Å²) in [5.41, 5.74) is 5.59. The molecule has 1 aromatic rings. The van der Waals surface area contributed by atoms with Gasteiger partial charge in [-0.1, -0.05) is 5.10 Å². The Kier molecular flexibility index (Phi) is 2.78. The number of nitrogens with one attached hydrogen (secondary N) is 1. The zero-order valence-corrected chi connectivity index (χ0v) is 9.30. The SMILES string of the molecule is CC(N)c1nnc(NC2CCN(C)C2=O)o1. The number of carbonyl (C=O) groups is 1. The van der Waals surface area contributed by atoms with E-state index in [1.165, 1.54) is 0 Å². The molecule has 1 amide bonds. The Hall–Kier alpha value is -1.63. The Labute approximate surface area is 93.0 Å². The van der Waals surface area contributed by atoms with Gasteiger partial charge in [0.25, 0.3) is 0 Å². The van der Waals surface area contributed by atoms with Gasteiger partial charge in [-0.25, -0.2) is 0 Å². The molecule has 2 atom stereocenters. The lowest BCUT2D eigenvalue weighted by atomic mass is 10.2. The maximum Gasteiger partial charge on any atom is 0.316 e. The first kappa shape index (κ1) is 10.9. The van der Waals surface area contributed by atoms with Gasteiger partial charge in [0.1, 0.15) is 6.04 Å². The van der Waals surface area contributed by atoms with E-state index in [4.69, 9.17) is 10.2 Å². The second kappa shape index (κ2) is 4.09. The molecule has 3 N–H and O–H groups in total. The number of anilines is 1. The number of aromatic nitrogens is 2. The average molecular weight is 225 g/mol. The highest BCUT2D eigenvalue weighted by Crippen LogP contribution is 2.16. The third-order valence-electron chi connectivity index (χ3n) is 2.56. The number of rotatable bonds is 3. The molecular weight excluding hydrogens is 210 g/mol. The Morgan fingerprint density at radius 2 is 2.38 bits per heavy atom. The van der Waals surface area contributed by atoms with Crippen molar-refractivity contribution in [2.24, 2.45) is 5.73 Å². The van der Waals surface area contributed by atoms with Crippen molar-refractivity contribution in [2.45, 2.75) is 25.4 Å². The topological polar surface area (TPSA) is 97.3 Å². The van der Waals surface area contributed by atoms with Crippen LogP contribution in [-0.2, 0) is 4.79 Å². The van der Waals surface area contributed by atoms with Crippen LogP contribution in [0.4, 0.5) is 6.01 Å². The predicted octanol–water partition coefficient (Wildman–Crippen LogP) is -0.268. The average Bonchev–Trinajstić information content (AvgIpc) is 2.81. The standard InChI is InChI=1S/C9H15N5O2/c1-5(10)7-12-13-9(16-7)11-6-3-4-14(2)8(6)15/h5-6H,3-4,10H2,1-2H3,(H,11,13). The summed E-state index contributed by atoms with van der Waals surface area (Å²) >= 11 is 0. The number of likely N-dealkylation sites (N-methyl/N-ethyl adjacent to an activating group) is 1. The van der Waals surface area contributed by atoms with Gasteiger partial charge in [0.15, 0.2) is 0 Å². The van der Waals surface area contributed by atoms with Crippen LogP contribution in [0.25, 0.3) is 0 Å². The van der Waals surface area contributed by atoms with E-state index in [0.29, 0.717) is 5.89 Å². The van der Waals surface area contributed by atoms with E-state index in [-0.39, 0.29) is 24.0 Å². The maximum absolute atomic E-state index is 11.6. The van der Waals surface area contributed by atoms with E-state index in [1.54, 1.807) is 18.9 Å². The smallest absolute Gasteiger partial charge is 0.316 e. The fraction of sp³-hybridized carbons (Fsp3) is 0.667. The molecule has 1 fully saturated rings. The number of hydrogen-bond acceptors (Lipinski definition) is 6. The normalized spacial score (nSPS) is 22.6. The molecule has 0 spiro atoms. The van der Waals surface area contributed by atoms with Crippen LogP contribution in [0.5, 0.6) is 0 Å². The highest BCUT2D eigenvalue weighted by Gasteiger charge is 2.30. The van der Waals surface area contributed by atoms with Crippen molar-refractivity contribution >= 4 is 11.9 Å². The van der Waals surface area contributed by atoms with Crippen molar-refractivity contribution in [1.29, 1.82) is 0 Å². The summed E-state index contributed by atoms with van der Waals surface area (Å²) in [5, 5.41) is 10.5. The molecule has 0 aliphatic carbocycles. The van der Waals surface area contributed by atoms with Crippen LogP contribution < -0.4 is 11.1 Å². The van der Waals surface area contributed by atoms with Crippen molar-refractivity contribution < 1.29 is 9.21 Å². The summed E-state index contributed by atoms with van der Waals surface area (Å²) in [6.45, 7) is 2.50. The third-order valence-corrected chi connectivity index (χ3v) is 2.56. The quantitative estimate of drug-likeness (QED) is 0.735. The largest absolute Gasteiger partial charge is 0.406 e. The van der Waals surface area contributed by atoms with Gasteiger partial charge in [0.2, 0.25) is 11.8 Å². The molecule has 0 radical (unpaired) electrons. The summed E-state index contributed by atoms with van der Waals surface area (Å²) in [4.78, 5) is 13.3. The number of carbonyl (C=O) groups excluding carboxylic acids is 1. The molecule has 2 unspecified atom stereocenters. The lowest BCUT2D eigenvalue weighted by Gasteiger charge is -2.09. The minimum atomic E-state index is -0.301. The lowest BCUT2D eigenvalue weighted by molar-refractivity contribution is -0.127. The molecular formula is C9H15N5O2. The van der Waals surface area contributed by atoms with Gasteiger partial charge in [0.05, 0.1) is 6.04 Å². The summed E-state index contributed by atoms with van der Waals surface area (Å²) < 4.78 is 5.26. The Morgan fingerprint density at radius 3 is 2.88 bits per heavy atom. The van der Waals surface area contributed by atoms with E-state index < -0.39 is 0 Å². The van der Waals surface area contributed by atoms with Crippen molar-refractivity contribution in [2.75, 3.05) is 18.9 Å². The fourth-order valence-corrected chi connectivity index (χ4v) is 1.58. The number of hydrogen-bond donors (Lipinski definition) is 2. The Balaban J connectivity index is 2.01. The zero-order chi connectivity index (χ0) is 11.7. The molecule has 1 aromatic heterocycles. The van der Waals surface area contributed by atoms with E-state index in [9.17, 15) is 4.79 Å². The minimum absolute atomic E-state index is 0.0422. The number of likely N-dealkylation sites (tertiary alicyclic amines) is 1. The van der Waals surface area contributed by atoms with Crippen LogP contribution in [-0.4, -0.2) is 40.6 Å². The zero-order valence-electron chi connectivity index (χ0n) is 9.30. The Morgan fingerprint density at radius 1 is 1.62 bits per heavy atom. The van der Waals surface area contributed by atoms with Gasteiger partial charge in [0, 0.05) is 13.6 Å². The van der Waals surface area contributed by atoms with E-state index in [2.05, 4.69) is 15.5 Å². The minimum Gasteiger partial charge on any atom is -0.406 e. The second-order valence-electron chi connectivity index (χ2n) is 3.98. The van der Waals surface area contributed by atoms with Gasteiger partial charge in [-0.2, -0.15) is 0 Å². The van der Waals surface area contributed by atoms with Gasteiger partial charge in [-0.05, 0) is 13.3 Å². The van der Waals surface area contributed by atoms with Crippen molar-refractivity contribution in [3.8, 4) is 0 Å². The first-order valence-electron chi connectivity index (χ1n) is 5.18. The highest BCUT2D eigenvalue weighted by atomic mass is 16.4. The second-order valence-corrected chi connectivity index (χ2v) is 3.98. The van der Waals surface area contributed by atoms with Crippen LogP contribution in [0.3, 0.4) is 0 Å². The van der Waals surface area contributed by atoms with Gasteiger partial charge < -0.3 is 20.4 Å². The van der Waals surface area contributed by atoms with Crippen LogP contribution >= 0.6 is 0 Å². The highest BCUT2D eigenvalue weighted by molar-refractivity contribution is 5.85. The molecule has 0 bridgehead atoms. The van der Waals surface area contributed by atoms with Gasteiger partial charge >= 0.3 is 6.01 Å². The van der Waals surface area contributed by atoms with E-state index >= 15 is 0 Å².